The number of benzene rings is 1. The Kier molecular flexibility index (Phi) is 4.66. The highest BCUT2D eigenvalue weighted by molar-refractivity contribution is 5.77. The normalized spacial score (nSPS) is 11.7. The zero-order valence-electron chi connectivity index (χ0n) is 13.3. The zero-order chi connectivity index (χ0) is 15.6. The van der Waals surface area contributed by atoms with Crippen molar-refractivity contribution in [1.82, 2.24) is 9.13 Å². The summed E-state index contributed by atoms with van der Waals surface area (Å²) in [5, 5.41) is 0.626. The molecular formula is C17H24N2O2. The van der Waals surface area contributed by atoms with Crippen molar-refractivity contribution in [2.45, 2.75) is 47.2 Å². The average Bonchev–Trinajstić information content (AvgIpc) is 2.43. The van der Waals surface area contributed by atoms with E-state index in [2.05, 4.69) is 27.7 Å². The molecule has 0 fully saturated rings. The molecule has 0 aliphatic carbocycles. The highest BCUT2D eigenvalue weighted by Gasteiger charge is 2.13. The minimum atomic E-state index is -0.187. The van der Waals surface area contributed by atoms with Gasteiger partial charge in [0.25, 0.3) is 5.56 Å². The lowest BCUT2D eigenvalue weighted by Crippen LogP contribution is -2.41. The maximum absolute atomic E-state index is 12.7. The van der Waals surface area contributed by atoms with Gasteiger partial charge in [-0.15, -0.1) is 0 Å². The number of hydrogen-bond donors (Lipinski definition) is 0. The Balaban J connectivity index is 2.69. The summed E-state index contributed by atoms with van der Waals surface area (Å²) in [7, 11) is 0. The van der Waals surface area contributed by atoms with Crippen LogP contribution in [0.25, 0.3) is 10.9 Å². The fourth-order valence-corrected chi connectivity index (χ4v) is 2.50. The first kappa shape index (κ1) is 15.5. The van der Waals surface area contributed by atoms with Crippen LogP contribution in [-0.2, 0) is 13.1 Å². The van der Waals surface area contributed by atoms with Crippen LogP contribution in [-0.4, -0.2) is 9.13 Å². The first-order chi connectivity index (χ1) is 9.91. The first-order valence-corrected chi connectivity index (χ1v) is 7.64. The molecule has 1 aromatic heterocycles. The van der Waals surface area contributed by atoms with Crippen molar-refractivity contribution in [2.75, 3.05) is 0 Å². The molecule has 1 aromatic carbocycles. The van der Waals surface area contributed by atoms with Gasteiger partial charge in [-0.2, -0.15) is 0 Å². The van der Waals surface area contributed by atoms with Crippen LogP contribution in [0, 0.1) is 11.8 Å². The Hall–Kier alpha value is -1.84. The monoisotopic (exact) mass is 288 g/mol. The third-order valence-electron chi connectivity index (χ3n) is 3.61. The summed E-state index contributed by atoms with van der Waals surface area (Å²) >= 11 is 0. The first-order valence-electron chi connectivity index (χ1n) is 7.64. The van der Waals surface area contributed by atoms with Gasteiger partial charge >= 0.3 is 5.69 Å². The Morgan fingerprint density at radius 3 is 2.24 bits per heavy atom. The van der Waals surface area contributed by atoms with Gasteiger partial charge in [0.05, 0.1) is 10.9 Å². The van der Waals surface area contributed by atoms with E-state index in [0.717, 1.165) is 11.9 Å². The van der Waals surface area contributed by atoms with Crippen LogP contribution in [0.1, 0.15) is 34.1 Å². The second-order valence-corrected chi connectivity index (χ2v) is 6.44. The lowest BCUT2D eigenvalue weighted by Gasteiger charge is -2.16. The number of hydrogen-bond acceptors (Lipinski definition) is 2. The van der Waals surface area contributed by atoms with Crippen molar-refractivity contribution >= 4 is 10.9 Å². The summed E-state index contributed by atoms with van der Waals surface area (Å²) < 4.78 is 3.13. The molecule has 0 saturated heterocycles. The topological polar surface area (TPSA) is 44.0 Å². The fourth-order valence-electron chi connectivity index (χ4n) is 2.50. The van der Waals surface area contributed by atoms with E-state index in [1.54, 1.807) is 10.6 Å². The molecule has 0 N–H and O–H groups in total. The summed E-state index contributed by atoms with van der Waals surface area (Å²) in [6.45, 7) is 9.45. The van der Waals surface area contributed by atoms with Crippen LogP contribution in [0.5, 0.6) is 0 Å². The molecule has 2 rings (SSSR count). The molecular weight excluding hydrogens is 264 g/mol. The minimum absolute atomic E-state index is 0.170. The van der Waals surface area contributed by atoms with Gasteiger partial charge in [0, 0.05) is 13.1 Å². The molecule has 0 saturated carbocycles. The fraction of sp³-hybridized carbons (Fsp3) is 0.529. The van der Waals surface area contributed by atoms with Crippen LogP contribution in [0.15, 0.2) is 33.9 Å². The van der Waals surface area contributed by atoms with E-state index >= 15 is 0 Å². The van der Waals surface area contributed by atoms with Gasteiger partial charge in [-0.25, -0.2) is 4.79 Å². The SMILES string of the molecule is CC(C)CCn1c(=O)c2ccccc2n(CC(C)C)c1=O. The van der Waals surface area contributed by atoms with Crippen LogP contribution in [0.3, 0.4) is 0 Å². The molecule has 0 amide bonds. The third-order valence-corrected chi connectivity index (χ3v) is 3.61. The Bertz CT molecular complexity index is 739. The predicted molar refractivity (Wildman–Crippen MR) is 86.8 cm³/mol. The third kappa shape index (κ3) is 3.26. The van der Waals surface area contributed by atoms with Crippen LogP contribution in [0.4, 0.5) is 0 Å². The van der Waals surface area contributed by atoms with Gasteiger partial charge < -0.3 is 0 Å². The van der Waals surface area contributed by atoms with Crippen molar-refractivity contribution in [2.24, 2.45) is 11.8 Å². The van der Waals surface area contributed by atoms with Gasteiger partial charge in [-0.1, -0.05) is 39.8 Å². The number of rotatable bonds is 5. The molecule has 4 nitrogen and oxygen atoms in total. The van der Waals surface area contributed by atoms with Crippen molar-refractivity contribution in [3.05, 3.63) is 45.1 Å². The van der Waals surface area contributed by atoms with Gasteiger partial charge in [-0.05, 0) is 30.4 Å². The Morgan fingerprint density at radius 1 is 0.952 bits per heavy atom. The van der Waals surface area contributed by atoms with Crippen molar-refractivity contribution < 1.29 is 0 Å². The predicted octanol–water partition coefficient (Wildman–Crippen LogP) is 2.87. The second-order valence-electron chi connectivity index (χ2n) is 6.44. The summed E-state index contributed by atoms with van der Waals surface area (Å²) in [6, 6.07) is 7.38. The summed E-state index contributed by atoms with van der Waals surface area (Å²) in [6.07, 6.45) is 0.829. The Morgan fingerprint density at radius 2 is 1.62 bits per heavy atom. The summed E-state index contributed by atoms with van der Waals surface area (Å²) in [5.74, 6) is 0.809. The highest BCUT2D eigenvalue weighted by atomic mass is 16.2. The molecule has 4 heteroatoms. The van der Waals surface area contributed by atoms with Crippen LogP contribution in [0.2, 0.25) is 0 Å². The zero-order valence-corrected chi connectivity index (χ0v) is 13.3. The smallest absolute Gasteiger partial charge is 0.293 e. The minimum Gasteiger partial charge on any atom is -0.293 e. The molecule has 0 bridgehead atoms. The van der Waals surface area contributed by atoms with Gasteiger partial charge in [-0.3, -0.25) is 13.9 Å². The molecule has 114 valence electrons. The summed E-state index contributed by atoms with van der Waals surface area (Å²) in [5.41, 5.74) is 0.381. The highest BCUT2D eigenvalue weighted by Crippen LogP contribution is 2.10. The number of fused-ring (bicyclic) bond motifs is 1. The molecule has 21 heavy (non-hydrogen) atoms. The molecule has 1 heterocycles. The number of para-hydroxylation sites is 1. The molecule has 0 aliphatic rings. The lowest BCUT2D eigenvalue weighted by atomic mass is 10.1. The van der Waals surface area contributed by atoms with E-state index in [4.69, 9.17) is 0 Å². The van der Waals surface area contributed by atoms with E-state index in [9.17, 15) is 9.59 Å². The largest absolute Gasteiger partial charge is 0.331 e. The standard InChI is InChI=1S/C17H24N2O2/c1-12(2)9-10-18-16(20)14-7-5-6-8-15(14)19(17(18)21)11-13(3)4/h5-8,12-13H,9-11H2,1-4H3. The van der Waals surface area contributed by atoms with Crippen molar-refractivity contribution in [3.8, 4) is 0 Å². The average molecular weight is 288 g/mol. The Labute approximate surface area is 125 Å². The van der Waals surface area contributed by atoms with E-state index in [0.29, 0.717) is 30.3 Å². The number of nitrogens with zero attached hydrogens (tertiary/aromatic N) is 2. The molecule has 0 unspecified atom stereocenters. The van der Waals surface area contributed by atoms with Crippen LogP contribution < -0.4 is 11.2 Å². The van der Waals surface area contributed by atoms with E-state index in [1.165, 1.54) is 4.57 Å². The molecule has 2 aromatic rings. The van der Waals surface area contributed by atoms with Crippen molar-refractivity contribution in [3.63, 3.8) is 0 Å². The van der Waals surface area contributed by atoms with E-state index in [-0.39, 0.29) is 11.2 Å². The second kappa shape index (κ2) is 6.29. The number of aromatic nitrogens is 2. The van der Waals surface area contributed by atoms with Gasteiger partial charge in [0.2, 0.25) is 0 Å². The lowest BCUT2D eigenvalue weighted by molar-refractivity contribution is 0.458. The molecule has 0 spiro atoms. The molecule has 0 aliphatic heterocycles. The quantitative estimate of drug-likeness (QED) is 0.849. The maximum Gasteiger partial charge on any atom is 0.331 e. The van der Waals surface area contributed by atoms with Gasteiger partial charge in [0.15, 0.2) is 0 Å². The maximum atomic E-state index is 12.7. The van der Waals surface area contributed by atoms with Gasteiger partial charge in [0.1, 0.15) is 0 Å². The molecule has 0 atom stereocenters. The molecule has 0 radical (unpaired) electrons. The summed E-state index contributed by atoms with van der Waals surface area (Å²) in [4.78, 5) is 25.2. The van der Waals surface area contributed by atoms with Crippen molar-refractivity contribution in [1.29, 1.82) is 0 Å². The van der Waals surface area contributed by atoms with E-state index in [1.807, 2.05) is 18.2 Å². The van der Waals surface area contributed by atoms with E-state index < -0.39 is 0 Å². The van der Waals surface area contributed by atoms with Crippen LogP contribution >= 0.6 is 0 Å².